The van der Waals surface area contributed by atoms with E-state index in [9.17, 15) is 9.59 Å². The highest BCUT2D eigenvalue weighted by Gasteiger charge is 2.54. The molecule has 2 fully saturated rings. The number of carbonyl (C=O) groups is 2. The largest absolute Gasteiger partial charge is 0.469 e. The fraction of sp³-hybridized carbons (Fsp3) is 0.529. The third kappa shape index (κ3) is 2.05. The van der Waals surface area contributed by atoms with E-state index in [0.29, 0.717) is 11.8 Å². The monoisotopic (exact) mass is 272 g/mol. The van der Waals surface area contributed by atoms with Gasteiger partial charge in [-0.15, -0.1) is 0 Å². The van der Waals surface area contributed by atoms with Crippen molar-refractivity contribution < 1.29 is 14.3 Å². The van der Waals surface area contributed by atoms with Gasteiger partial charge in [-0.2, -0.15) is 0 Å². The average Bonchev–Trinajstić information content (AvgIpc) is 3.07. The standard InChI is InChI=1S/C17H20O3/c1-10-3-5-11(6-4-10)16(18)14-12-7-8-13(9-12)15(14)17(19)20-2/h3-6,12-15H,7-9H2,1-2H3/t12-,13+,14-,15-/m1/s1. The maximum atomic E-state index is 12.8. The molecule has 3 nitrogen and oxygen atoms in total. The number of esters is 1. The zero-order valence-electron chi connectivity index (χ0n) is 12.0. The minimum Gasteiger partial charge on any atom is -0.469 e. The quantitative estimate of drug-likeness (QED) is 0.627. The summed E-state index contributed by atoms with van der Waals surface area (Å²) < 4.78 is 4.93. The van der Waals surface area contributed by atoms with Gasteiger partial charge in [0.25, 0.3) is 0 Å². The molecular formula is C17H20O3. The second kappa shape index (κ2) is 5.04. The van der Waals surface area contributed by atoms with Crippen molar-refractivity contribution in [3.63, 3.8) is 0 Å². The molecule has 1 aromatic rings. The van der Waals surface area contributed by atoms with Crippen LogP contribution in [0, 0.1) is 30.6 Å². The first-order valence-electron chi connectivity index (χ1n) is 7.30. The number of Topliss-reactive ketones (excluding diaryl/α,β-unsaturated/α-hetero) is 1. The number of ether oxygens (including phenoxy) is 1. The van der Waals surface area contributed by atoms with Crippen molar-refractivity contribution in [1.29, 1.82) is 0 Å². The average molecular weight is 272 g/mol. The highest BCUT2D eigenvalue weighted by molar-refractivity contribution is 6.00. The number of ketones is 1. The summed E-state index contributed by atoms with van der Waals surface area (Å²) in [5.41, 5.74) is 1.86. The highest BCUT2D eigenvalue weighted by atomic mass is 16.5. The Morgan fingerprint density at radius 3 is 2.25 bits per heavy atom. The van der Waals surface area contributed by atoms with E-state index in [-0.39, 0.29) is 23.6 Å². The van der Waals surface area contributed by atoms with Crippen LogP contribution < -0.4 is 0 Å². The van der Waals surface area contributed by atoms with E-state index in [1.807, 2.05) is 31.2 Å². The lowest BCUT2D eigenvalue weighted by atomic mass is 9.75. The van der Waals surface area contributed by atoms with E-state index in [0.717, 1.165) is 30.4 Å². The molecule has 4 atom stereocenters. The second-order valence-corrected chi connectivity index (χ2v) is 6.14. The lowest BCUT2D eigenvalue weighted by Gasteiger charge is -2.28. The summed E-state index contributed by atoms with van der Waals surface area (Å²) in [6, 6.07) is 7.65. The molecule has 0 amide bonds. The molecule has 2 aliphatic carbocycles. The zero-order valence-corrected chi connectivity index (χ0v) is 12.0. The summed E-state index contributed by atoms with van der Waals surface area (Å²) in [7, 11) is 1.42. The Hall–Kier alpha value is -1.64. The molecular weight excluding hydrogens is 252 g/mol. The van der Waals surface area contributed by atoms with Gasteiger partial charge in [0.05, 0.1) is 13.0 Å². The second-order valence-electron chi connectivity index (χ2n) is 6.14. The van der Waals surface area contributed by atoms with E-state index in [1.54, 1.807) is 0 Å². The van der Waals surface area contributed by atoms with Gasteiger partial charge < -0.3 is 4.74 Å². The first-order valence-corrected chi connectivity index (χ1v) is 7.30. The summed E-state index contributed by atoms with van der Waals surface area (Å²) in [5, 5.41) is 0. The van der Waals surface area contributed by atoms with Crippen molar-refractivity contribution in [2.75, 3.05) is 7.11 Å². The summed E-state index contributed by atoms with van der Waals surface area (Å²) in [6.07, 6.45) is 3.13. The zero-order chi connectivity index (χ0) is 14.3. The Balaban J connectivity index is 1.89. The van der Waals surface area contributed by atoms with Crippen LogP contribution in [0.25, 0.3) is 0 Å². The number of fused-ring (bicyclic) bond motifs is 2. The first kappa shape index (κ1) is 13.3. The predicted octanol–water partition coefficient (Wildman–Crippen LogP) is 3.01. The lowest BCUT2D eigenvalue weighted by molar-refractivity contribution is -0.148. The van der Waals surface area contributed by atoms with Gasteiger partial charge in [-0.05, 0) is 38.0 Å². The first-order chi connectivity index (χ1) is 9.61. The van der Waals surface area contributed by atoms with Crippen molar-refractivity contribution in [3.8, 4) is 0 Å². The number of carbonyl (C=O) groups excluding carboxylic acids is 2. The van der Waals surface area contributed by atoms with E-state index in [2.05, 4.69) is 0 Å². The molecule has 2 saturated carbocycles. The minimum absolute atomic E-state index is 0.118. The normalized spacial score (nSPS) is 31.3. The van der Waals surface area contributed by atoms with E-state index in [4.69, 9.17) is 4.74 Å². The molecule has 2 aliphatic rings. The maximum absolute atomic E-state index is 12.8. The Kier molecular flexibility index (Phi) is 3.36. The van der Waals surface area contributed by atoms with Gasteiger partial charge in [-0.1, -0.05) is 29.8 Å². The van der Waals surface area contributed by atoms with Gasteiger partial charge in [0, 0.05) is 11.5 Å². The Morgan fingerprint density at radius 1 is 1.05 bits per heavy atom. The number of hydrogen-bond donors (Lipinski definition) is 0. The Bertz CT molecular complexity index is 532. The van der Waals surface area contributed by atoms with Crippen LogP contribution >= 0.6 is 0 Å². The predicted molar refractivity (Wildman–Crippen MR) is 75.3 cm³/mol. The molecule has 0 aromatic heterocycles. The summed E-state index contributed by atoms with van der Waals surface area (Å²) in [5.74, 6) is 0.205. The minimum atomic E-state index is -0.229. The van der Waals surface area contributed by atoms with Gasteiger partial charge in [0.1, 0.15) is 0 Å². The fourth-order valence-corrected chi connectivity index (χ4v) is 4.05. The van der Waals surface area contributed by atoms with Crippen molar-refractivity contribution in [3.05, 3.63) is 35.4 Å². The molecule has 0 N–H and O–H groups in total. The molecule has 0 heterocycles. The number of rotatable bonds is 3. The van der Waals surface area contributed by atoms with Gasteiger partial charge >= 0.3 is 5.97 Å². The van der Waals surface area contributed by atoms with Crippen molar-refractivity contribution >= 4 is 11.8 Å². The van der Waals surface area contributed by atoms with Gasteiger partial charge in [-0.3, -0.25) is 9.59 Å². The van der Waals surface area contributed by atoms with E-state index >= 15 is 0 Å². The Morgan fingerprint density at radius 2 is 1.65 bits per heavy atom. The molecule has 0 unspecified atom stereocenters. The number of hydrogen-bond acceptors (Lipinski definition) is 3. The van der Waals surface area contributed by atoms with Crippen LogP contribution in [-0.2, 0) is 9.53 Å². The fourth-order valence-electron chi connectivity index (χ4n) is 4.05. The number of methoxy groups -OCH3 is 1. The maximum Gasteiger partial charge on any atom is 0.309 e. The molecule has 20 heavy (non-hydrogen) atoms. The Labute approximate surface area is 119 Å². The molecule has 0 saturated heterocycles. The van der Waals surface area contributed by atoms with Crippen LogP contribution in [0.4, 0.5) is 0 Å². The van der Waals surface area contributed by atoms with Crippen LogP contribution in [0.2, 0.25) is 0 Å². The molecule has 3 rings (SSSR count). The molecule has 1 aromatic carbocycles. The number of benzene rings is 1. The molecule has 0 radical (unpaired) electrons. The van der Waals surface area contributed by atoms with Gasteiger partial charge in [0.2, 0.25) is 0 Å². The van der Waals surface area contributed by atoms with Crippen molar-refractivity contribution in [2.24, 2.45) is 23.7 Å². The van der Waals surface area contributed by atoms with Crippen molar-refractivity contribution in [2.45, 2.75) is 26.2 Å². The van der Waals surface area contributed by atoms with Crippen LogP contribution in [0.15, 0.2) is 24.3 Å². The third-order valence-electron chi connectivity index (χ3n) is 5.03. The molecule has 0 spiro atoms. The van der Waals surface area contributed by atoms with Gasteiger partial charge in [0.15, 0.2) is 5.78 Å². The lowest BCUT2D eigenvalue weighted by Crippen LogP contribution is -2.35. The van der Waals surface area contributed by atoms with Crippen molar-refractivity contribution in [1.82, 2.24) is 0 Å². The smallest absolute Gasteiger partial charge is 0.309 e. The summed E-state index contributed by atoms with van der Waals surface area (Å²) in [6.45, 7) is 2.00. The van der Waals surface area contributed by atoms with E-state index < -0.39 is 0 Å². The molecule has 2 bridgehead atoms. The highest BCUT2D eigenvalue weighted by Crippen LogP contribution is 2.53. The molecule has 3 heteroatoms. The summed E-state index contributed by atoms with van der Waals surface area (Å²) in [4.78, 5) is 24.8. The third-order valence-corrected chi connectivity index (χ3v) is 5.03. The van der Waals surface area contributed by atoms with Crippen LogP contribution in [-0.4, -0.2) is 18.9 Å². The van der Waals surface area contributed by atoms with Crippen LogP contribution in [0.1, 0.15) is 35.2 Å². The SMILES string of the molecule is COC(=O)[C@@H]1[C@H]2CC[C@H](C2)[C@H]1C(=O)c1ccc(C)cc1. The molecule has 0 aliphatic heterocycles. The van der Waals surface area contributed by atoms with E-state index in [1.165, 1.54) is 7.11 Å². The molecule has 106 valence electrons. The summed E-state index contributed by atoms with van der Waals surface area (Å²) >= 11 is 0. The topological polar surface area (TPSA) is 43.4 Å². The van der Waals surface area contributed by atoms with Crippen LogP contribution in [0.3, 0.4) is 0 Å². The number of aryl methyl sites for hydroxylation is 1. The van der Waals surface area contributed by atoms with Gasteiger partial charge in [-0.25, -0.2) is 0 Å². The van der Waals surface area contributed by atoms with Crippen LogP contribution in [0.5, 0.6) is 0 Å².